The van der Waals surface area contributed by atoms with Crippen LogP contribution in [0.15, 0.2) is 70.1 Å². The zero-order valence-corrected chi connectivity index (χ0v) is 17.1. The van der Waals surface area contributed by atoms with Crippen LogP contribution < -0.4 is 5.32 Å². The predicted molar refractivity (Wildman–Crippen MR) is 112 cm³/mol. The largest absolute Gasteiger partial charge is 0.362 e. The van der Waals surface area contributed by atoms with Crippen molar-refractivity contribution in [1.82, 2.24) is 19.9 Å². The van der Waals surface area contributed by atoms with Crippen molar-refractivity contribution < 1.29 is 13.2 Å². The number of aromatic nitrogens is 3. The molecule has 9 nitrogen and oxygen atoms in total. The van der Waals surface area contributed by atoms with Crippen LogP contribution in [0.4, 0.5) is 5.69 Å². The van der Waals surface area contributed by atoms with Crippen molar-refractivity contribution >= 4 is 27.5 Å². The second kappa shape index (κ2) is 8.07. The number of para-hydroxylation sites is 1. The minimum absolute atomic E-state index is 0.0725. The fourth-order valence-electron chi connectivity index (χ4n) is 3.06. The molecule has 0 spiro atoms. The van der Waals surface area contributed by atoms with Gasteiger partial charge in [0.05, 0.1) is 16.8 Å². The Hall–Kier alpha value is -3.53. The fourth-order valence-corrected chi connectivity index (χ4v) is 4.15. The summed E-state index contributed by atoms with van der Waals surface area (Å²) in [6.45, 7) is 0.800. The van der Waals surface area contributed by atoms with Crippen LogP contribution in [0, 0.1) is 0 Å². The molecule has 2 aromatic carbocycles. The van der Waals surface area contributed by atoms with Gasteiger partial charge in [0, 0.05) is 25.7 Å². The molecule has 0 radical (unpaired) electrons. The van der Waals surface area contributed by atoms with E-state index < -0.39 is 15.9 Å². The highest BCUT2D eigenvalue weighted by Crippen LogP contribution is 2.19. The first-order chi connectivity index (χ1) is 14.4. The van der Waals surface area contributed by atoms with Crippen molar-refractivity contribution in [2.45, 2.75) is 17.7 Å². The first-order valence-corrected chi connectivity index (χ1v) is 10.8. The van der Waals surface area contributed by atoms with Crippen LogP contribution in [0.1, 0.15) is 23.3 Å². The smallest absolute Gasteiger partial charge is 0.283 e. The van der Waals surface area contributed by atoms with E-state index in [1.54, 1.807) is 0 Å². The Bertz CT molecular complexity index is 1190. The number of carbonyl (C=O) groups is 1. The van der Waals surface area contributed by atoms with Crippen molar-refractivity contribution in [2.24, 2.45) is 4.40 Å². The second-order valence-electron chi connectivity index (χ2n) is 6.84. The van der Waals surface area contributed by atoms with Crippen LogP contribution in [-0.4, -0.2) is 53.6 Å². The first-order valence-electron chi connectivity index (χ1n) is 9.36. The normalized spacial score (nSPS) is 15.5. The molecule has 1 saturated heterocycles. The fraction of sp³-hybridized carbons (Fsp3) is 0.200. The third-order valence-corrected chi connectivity index (χ3v) is 6.00. The monoisotopic (exact) mass is 424 g/mol. The Balaban J connectivity index is 1.46. The van der Waals surface area contributed by atoms with E-state index in [1.165, 1.54) is 35.3 Å². The number of anilines is 1. The first kappa shape index (κ1) is 19.8. The lowest BCUT2D eigenvalue weighted by Gasteiger charge is -2.11. The minimum atomic E-state index is -3.79. The van der Waals surface area contributed by atoms with Gasteiger partial charge in [0.1, 0.15) is 5.84 Å². The number of amidine groups is 1. The summed E-state index contributed by atoms with van der Waals surface area (Å²) in [6, 6.07) is 15.1. The molecule has 3 aromatic rings. The second-order valence-corrected chi connectivity index (χ2v) is 8.45. The molecule has 30 heavy (non-hydrogen) atoms. The highest BCUT2D eigenvalue weighted by Gasteiger charge is 2.20. The van der Waals surface area contributed by atoms with Gasteiger partial charge < -0.3 is 10.2 Å². The van der Waals surface area contributed by atoms with Gasteiger partial charge in [-0.25, -0.2) is 0 Å². The van der Waals surface area contributed by atoms with Gasteiger partial charge in [-0.05, 0) is 42.8 Å². The van der Waals surface area contributed by atoms with Gasteiger partial charge in [0.2, 0.25) is 0 Å². The highest BCUT2D eigenvalue weighted by molar-refractivity contribution is 7.90. The number of likely N-dealkylation sites (tertiary alicyclic amines) is 1. The molecule has 1 amide bonds. The van der Waals surface area contributed by atoms with E-state index in [0.29, 0.717) is 17.9 Å². The standard InChI is InChI=1S/C20H20N6O3S/c1-25-13-5-8-19(25)24-30(28,29)17-11-9-15(10-12-17)22-20(27)18-14-21-26(23-18)16-6-3-2-4-7-16/h2-4,6-7,9-12,14H,5,8,13H2,1H3,(H,22,27)/b24-19-. The topological polar surface area (TPSA) is 110 Å². The number of hydrogen-bond acceptors (Lipinski definition) is 5. The van der Waals surface area contributed by atoms with Gasteiger partial charge in [0.25, 0.3) is 15.9 Å². The molecule has 154 valence electrons. The van der Waals surface area contributed by atoms with Crippen LogP contribution in [0.3, 0.4) is 0 Å². The third-order valence-electron chi connectivity index (χ3n) is 4.68. The Morgan fingerprint density at radius 3 is 2.50 bits per heavy atom. The number of benzene rings is 2. The quantitative estimate of drug-likeness (QED) is 0.673. The molecule has 1 fully saturated rings. The van der Waals surface area contributed by atoms with Gasteiger partial charge in [0.15, 0.2) is 5.69 Å². The molecular weight excluding hydrogens is 404 g/mol. The summed E-state index contributed by atoms with van der Waals surface area (Å²) in [5, 5.41) is 11.0. The summed E-state index contributed by atoms with van der Waals surface area (Å²) < 4.78 is 28.9. The van der Waals surface area contributed by atoms with E-state index in [9.17, 15) is 13.2 Å². The molecule has 0 unspecified atom stereocenters. The zero-order valence-electron chi connectivity index (χ0n) is 16.3. The lowest BCUT2D eigenvalue weighted by atomic mass is 10.3. The molecule has 1 N–H and O–H groups in total. The number of sulfonamides is 1. The average molecular weight is 424 g/mol. The van der Waals surface area contributed by atoms with Gasteiger partial charge in [-0.3, -0.25) is 4.79 Å². The number of nitrogens with zero attached hydrogens (tertiary/aromatic N) is 5. The van der Waals surface area contributed by atoms with Crippen LogP contribution in [0.25, 0.3) is 5.69 Å². The Morgan fingerprint density at radius 1 is 1.10 bits per heavy atom. The Labute approximate surface area is 174 Å². The van der Waals surface area contributed by atoms with E-state index in [4.69, 9.17) is 0 Å². The number of amides is 1. The lowest BCUT2D eigenvalue weighted by molar-refractivity contribution is 0.102. The molecule has 4 rings (SSSR count). The molecule has 0 atom stereocenters. The Morgan fingerprint density at radius 2 is 1.83 bits per heavy atom. The summed E-state index contributed by atoms with van der Waals surface area (Å²) in [4.78, 5) is 15.7. The SMILES string of the molecule is CN1CCC/C1=N/S(=O)(=O)c1ccc(NC(=O)c2cnn(-c3ccccc3)n2)cc1. The van der Waals surface area contributed by atoms with E-state index in [1.807, 2.05) is 42.3 Å². The minimum Gasteiger partial charge on any atom is -0.362 e. The molecule has 1 aromatic heterocycles. The Kier molecular flexibility index (Phi) is 5.32. The highest BCUT2D eigenvalue weighted by atomic mass is 32.2. The van der Waals surface area contributed by atoms with Gasteiger partial charge in [-0.2, -0.15) is 18.3 Å². The molecule has 1 aliphatic heterocycles. The van der Waals surface area contributed by atoms with Gasteiger partial charge in [-0.15, -0.1) is 9.50 Å². The van der Waals surface area contributed by atoms with Crippen LogP contribution in [0.2, 0.25) is 0 Å². The number of rotatable bonds is 5. The molecular formula is C20H20N6O3S. The van der Waals surface area contributed by atoms with Crippen molar-refractivity contribution in [3.8, 4) is 5.69 Å². The van der Waals surface area contributed by atoms with Crippen molar-refractivity contribution in [3.63, 3.8) is 0 Å². The van der Waals surface area contributed by atoms with Crippen LogP contribution >= 0.6 is 0 Å². The molecule has 2 heterocycles. The maximum Gasteiger partial charge on any atom is 0.283 e. The number of nitrogens with one attached hydrogen (secondary N) is 1. The zero-order chi connectivity index (χ0) is 21.1. The van der Waals surface area contributed by atoms with Crippen molar-refractivity contribution in [2.75, 3.05) is 18.9 Å². The molecule has 10 heteroatoms. The maximum atomic E-state index is 12.5. The van der Waals surface area contributed by atoms with E-state index >= 15 is 0 Å². The van der Waals surface area contributed by atoms with E-state index in [2.05, 4.69) is 19.9 Å². The van der Waals surface area contributed by atoms with Crippen molar-refractivity contribution in [3.05, 3.63) is 66.5 Å². The number of hydrogen-bond donors (Lipinski definition) is 1. The summed E-state index contributed by atoms with van der Waals surface area (Å²) in [5.74, 6) is 0.120. The van der Waals surface area contributed by atoms with E-state index in [-0.39, 0.29) is 10.6 Å². The van der Waals surface area contributed by atoms with Crippen LogP contribution in [-0.2, 0) is 10.0 Å². The summed E-state index contributed by atoms with van der Waals surface area (Å²) in [7, 11) is -1.97. The molecule has 1 aliphatic rings. The molecule has 0 bridgehead atoms. The van der Waals surface area contributed by atoms with Crippen molar-refractivity contribution in [1.29, 1.82) is 0 Å². The predicted octanol–water partition coefficient (Wildman–Crippen LogP) is 2.33. The summed E-state index contributed by atoms with van der Waals surface area (Å²) in [6.07, 6.45) is 2.91. The summed E-state index contributed by atoms with van der Waals surface area (Å²) in [5.41, 5.74) is 1.32. The lowest BCUT2D eigenvalue weighted by Crippen LogP contribution is -2.20. The van der Waals surface area contributed by atoms with Gasteiger partial charge in [-0.1, -0.05) is 18.2 Å². The number of carbonyl (C=O) groups excluding carboxylic acids is 1. The maximum absolute atomic E-state index is 12.5. The average Bonchev–Trinajstić information content (AvgIpc) is 3.39. The summed E-state index contributed by atoms with van der Waals surface area (Å²) >= 11 is 0. The van der Waals surface area contributed by atoms with Gasteiger partial charge >= 0.3 is 0 Å². The van der Waals surface area contributed by atoms with Crippen LogP contribution in [0.5, 0.6) is 0 Å². The molecule has 0 aliphatic carbocycles. The molecule has 0 saturated carbocycles. The van der Waals surface area contributed by atoms with E-state index in [0.717, 1.165) is 18.7 Å². The third kappa shape index (κ3) is 4.23.